The lowest BCUT2D eigenvalue weighted by molar-refractivity contribution is 0.414. The van der Waals surface area contributed by atoms with Crippen LogP contribution in [-0.4, -0.2) is 21.6 Å². The lowest BCUT2D eigenvalue weighted by Gasteiger charge is -2.06. The highest BCUT2D eigenvalue weighted by Gasteiger charge is 2.13. The molecule has 2 heterocycles. The Morgan fingerprint density at radius 3 is 2.76 bits per heavy atom. The van der Waals surface area contributed by atoms with Crippen molar-refractivity contribution in [2.75, 3.05) is 7.11 Å². The number of nitrogens with one attached hydrogen (secondary N) is 1. The second kappa shape index (κ2) is 6.26. The van der Waals surface area contributed by atoms with Crippen LogP contribution in [0.1, 0.15) is 5.56 Å². The second-order valence-electron chi connectivity index (χ2n) is 5.85. The Bertz CT molecular complexity index is 1110. The maximum Gasteiger partial charge on any atom is 0.277 e. The van der Waals surface area contributed by atoms with Crippen LogP contribution in [0, 0.1) is 0 Å². The third-order valence-electron chi connectivity index (χ3n) is 4.35. The number of hydrogen-bond acceptors (Lipinski definition) is 3. The molecule has 0 fully saturated rings. The molecule has 0 unspecified atom stereocenters. The van der Waals surface area contributed by atoms with Crippen LogP contribution in [0.5, 0.6) is 5.75 Å². The van der Waals surface area contributed by atoms with Crippen LogP contribution in [0.25, 0.3) is 21.9 Å². The van der Waals surface area contributed by atoms with E-state index >= 15 is 0 Å². The van der Waals surface area contributed by atoms with Crippen LogP contribution in [0.3, 0.4) is 0 Å². The summed E-state index contributed by atoms with van der Waals surface area (Å²) in [6.07, 6.45) is 2.32. The summed E-state index contributed by atoms with van der Waals surface area (Å²) in [5.74, 6) is 0.818. The van der Waals surface area contributed by atoms with E-state index in [1.54, 1.807) is 24.1 Å². The molecule has 0 atom stereocenters. The molecule has 1 N–H and O–H groups in total. The van der Waals surface area contributed by atoms with Gasteiger partial charge in [-0.15, -0.1) is 0 Å². The van der Waals surface area contributed by atoms with Crippen molar-refractivity contribution in [2.45, 2.75) is 13.0 Å². The van der Waals surface area contributed by atoms with Crippen molar-refractivity contribution in [3.8, 4) is 5.75 Å². The van der Waals surface area contributed by atoms with Crippen LogP contribution in [0.2, 0.25) is 5.02 Å². The van der Waals surface area contributed by atoms with E-state index in [0.717, 1.165) is 28.6 Å². The number of ether oxygens (including phenoxy) is 1. The molecule has 0 radical (unpaired) electrons. The van der Waals surface area contributed by atoms with E-state index in [4.69, 9.17) is 16.3 Å². The molecular weight excluding hydrogens is 338 g/mol. The van der Waals surface area contributed by atoms with Crippen molar-refractivity contribution in [3.05, 3.63) is 69.7 Å². The zero-order chi connectivity index (χ0) is 17.4. The Labute approximate surface area is 148 Å². The minimum atomic E-state index is -0.0919. The fraction of sp³-hybridized carbons (Fsp3) is 0.158. The molecule has 0 aliphatic carbocycles. The highest BCUT2D eigenvalue weighted by atomic mass is 35.5. The van der Waals surface area contributed by atoms with Gasteiger partial charge in [-0.1, -0.05) is 29.8 Å². The van der Waals surface area contributed by atoms with Crippen molar-refractivity contribution < 1.29 is 4.74 Å². The molecule has 25 heavy (non-hydrogen) atoms. The number of aromatic amines is 1. The van der Waals surface area contributed by atoms with Gasteiger partial charge in [-0.3, -0.25) is 9.36 Å². The standard InChI is InChI=1S/C19H16ClN3O2/c1-25-13-7-5-12(6-8-13)9-10-23-11-21-17-16-14(20)3-2-4-15(16)22-18(17)19(23)24/h2-8,11,22H,9-10H2,1H3. The van der Waals surface area contributed by atoms with Gasteiger partial charge in [0.25, 0.3) is 5.56 Å². The summed E-state index contributed by atoms with van der Waals surface area (Å²) in [6.45, 7) is 0.553. The molecule has 0 spiro atoms. The van der Waals surface area contributed by atoms with Crippen LogP contribution in [-0.2, 0) is 13.0 Å². The zero-order valence-corrected chi connectivity index (χ0v) is 14.4. The van der Waals surface area contributed by atoms with Gasteiger partial charge in [0.15, 0.2) is 0 Å². The van der Waals surface area contributed by atoms with Gasteiger partial charge >= 0.3 is 0 Å². The maximum atomic E-state index is 12.8. The number of aryl methyl sites for hydroxylation is 2. The number of H-pyrrole nitrogens is 1. The molecule has 126 valence electrons. The van der Waals surface area contributed by atoms with Gasteiger partial charge in [-0.2, -0.15) is 0 Å². The minimum absolute atomic E-state index is 0.0919. The smallest absolute Gasteiger partial charge is 0.277 e. The molecule has 4 rings (SSSR count). The van der Waals surface area contributed by atoms with Crippen LogP contribution < -0.4 is 10.3 Å². The predicted molar refractivity (Wildman–Crippen MR) is 99.6 cm³/mol. The molecule has 5 nitrogen and oxygen atoms in total. The quantitative estimate of drug-likeness (QED) is 0.607. The average Bonchev–Trinajstić information content (AvgIpc) is 3.02. The third-order valence-corrected chi connectivity index (χ3v) is 4.66. The maximum absolute atomic E-state index is 12.8. The van der Waals surface area contributed by atoms with Crippen LogP contribution in [0.4, 0.5) is 0 Å². The summed E-state index contributed by atoms with van der Waals surface area (Å²) in [6, 6.07) is 13.4. The summed E-state index contributed by atoms with van der Waals surface area (Å²) < 4.78 is 6.78. The number of aromatic nitrogens is 3. The molecular formula is C19H16ClN3O2. The van der Waals surface area contributed by atoms with Gasteiger partial charge < -0.3 is 9.72 Å². The number of hydrogen-bond donors (Lipinski definition) is 1. The molecule has 6 heteroatoms. The number of benzene rings is 2. The SMILES string of the molecule is COc1ccc(CCn2cnc3c([nH]c4cccc(Cl)c43)c2=O)cc1. The van der Waals surface area contributed by atoms with E-state index in [9.17, 15) is 4.79 Å². The van der Waals surface area contributed by atoms with Gasteiger partial charge in [-0.25, -0.2) is 4.98 Å². The summed E-state index contributed by atoms with van der Waals surface area (Å²) in [5, 5.41) is 1.38. The Morgan fingerprint density at radius 2 is 2.00 bits per heavy atom. The number of halogens is 1. The van der Waals surface area contributed by atoms with Gasteiger partial charge in [-0.05, 0) is 36.2 Å². The van der Waals surface area contributed by atoms with Crippen molar-refractivity contribution in [2.24, 2.45) is 0 Å². The highest BCUT2D eigenvalue weighted by Crippen LogP contribution is 2.28. The normalized spacial score (nSPS) is 11.3. The van der Waals surface area contributed by atoms with Gasteiger partial charge in [0.1, 0.15) is 16.8 Å². The summed E-state index contributed by atoms with van der Waals surface area (Å²) in [7, 11) is 1.64. The first-order valence-electron chi connectivity index (χ1n) is 7.95. The first kappa shape index (κ1) is 15.7. The van der Waals surface area contributed by atoms with E-state index in [1.807, 2.05) is 36.4 Å². The first-order valence-corrected chi connectivity index (χ1v) is 8.33. The van der Waals surface area contributed by atoms with E-state index in [1.165, 1.54) is 0 Å². The lowest BCUT2D eigenvalue weighted by atomic mass is 10.1. The van der Waals surface area contributed by atoms with E-state index in [0.29, 0.717) is 22.6 Å². The molecule has 0 bridgehead atoms. The largest absolute Gasteiger partial charge is 0.497 e. The first-order chi connectivity index (χ1) is 12.2. The minimum Gasteiger partial charge on any atom is -0.497 e. The molecule has 0 saturated heterocycles. The van der Waals surface area contributed by atoms with Crippen molar-refractivity contribution >= 4 is 33.5 Å². The summed E-state index contributed by atoms with van der Waals surface area (Å²) >= 11 is 6.26. The fourth-order valence-electron chi connectivity index (χ4n) is 3.00. The Hall–Kier alpha value is -2.79. The van der Waals surface area contributed by atoms with Crippen molar-refractivity contribution in [1.82, 2.24) is 14.5 Å². The lowest BCUT2D eigenvalue weighted by Crippen LogP contribution is -2.21. The second-order valence-corrected chi connectivity index (χ2v) is 6.26. The topological polar surface area (TPSA) is 59.9 Å². The Kier molecular flexibility index (Phi) is 3.93. The zero-order valence-electron chi connectivity index (χ0n) is 13.6. The molecule has 0 amide bonds. The summed E-state index contributed by atoms with van der Waals surface area (Å²) in [5.41, 5.74) is 2.96. The van der Waals surface area contributed by atoms with E-state index in [2.05, 4.69) is 9.97 Å². The van der Waals surface area contributed by atoms with Gasteiger partial charge in [0.05, 0.1) is 18.5 Å². The van der Waals surface area contributed by atoms with Crippen molar-refractivity contribution in [1.29, 1.82) is 0 Å². The highest BCUT2D eigenvalue weighted by molar-refractivity contribution is 6.37. The van der Waals surface area contributed by atoms with E-state index in [-0.39, 0.29) is 5.56 Å². The van der Waals surface area contributed by atoms with Crippen LogP contribution >= 0.6 is 11.6 Å². The van der Waals surface area contributed by atoms with Crippen molar-refractivity contribution in [3.63, 3.8) is 0 Å². The van der Waals surface area contributed by atoms with E-state index < -0.39 is 0 Å². The molecule has 0 aliphatic heterocycles. The number of fused-ring (bicyclic) bond motifs is 3. The Balaban J connectivity index is 1.68. The molecule has 0 saturated carbocycles. The molecule has 0 aliphatic rings. The average molecular weight is 354 g/mol. The fourth-order valence-corrected chi connectivity index (χ4v) is 3.26. The number of rotatable bonds is 4. The number of nitrogens with zero attached hydrogens (tertiary/aromatic N) is 2. The van der Waals surface area contributed by atoms with Crippen LogP contribution in [0.15, 0.2) is 53.6 Å². The Morgan fingerprint density at radius 1 is 1.20 bits per heavy atom. The third kappa shape index (κ3) is 2.76. The monoisotopic (exact) mass is 353 g/mol. The molecule has 4 aromatic rings. The number of methoxy groups -OCH3 is 1. The van der Waals surface area contributed by atoms with Gasteiger partial charge in [0, 0.05) is 17.4 Å². The predicted octanol–water partition coefficient (Wildman–Crippen LogP) is 3.78. The molecule has 2 aromatic carbocycles. The molecule has 2 aromatic heterocycles. The summed E-state index contributed by atoms with van der Waals surface area (Å²) in [4.78, 5) is 20.4. The van der Waals surface area contributed by atoms with Gasteiger partial charge in [0.2, 0.25) is 0 Å².